The molecule has 0 bridgehead atoms. The third-order valence-corrected chi connectivity index (χ3v) is 6.91. The number of ether oxygens (including phenoxy) is 2. The summed E-state index contributed by atoms with van der Waals surface area (Å²) in [6, 6.07) is 15.7. The van der Waals surface area contributed by atoms with Crippen molar-refractivity contribution >= 4 is 28.4 Å². The Labute approximate surface area is 207 Å². The first-order chi connectivity index (χ1) is 16.8. The first-order valence-corrected chi connectivity index (χ1v) is 11.9. The largest absolute Gasteiger partial charge is 0.469 e. The summed E-state index contributed by atoms with van der Waals surface area (Å²) >= 11 is 1.29. The Bertz CT molecular complexity index is 1280. The molecule has 3 aromatic rings. The first kappa shape index (κ1) is 24.4. The van der Waals surface area contributed by atoms with Crippen LogP contribution in [-0.2, 0) is 19.1 Å². The predicted octanol–water partition coefficient (Wildman–Crippen LogP) is 4.70. The van der Waals surface area contributed by atoms with Crippen LogP contribution in [0.4, 0.5) is 9.52 Å². The molecular weight excluding hydrogens is 469 g/mol. The van der Waals surface area contributed by atoms with Crippen molar-refractivity contribution in [3.8, 4) is 11.3 Å². The molecule has 2 N–H and O–H groups in total. The minimum atomic E-state index is -1.10. The molecule has 1 aromatic heterocycles. The van der Waals surface area contributed by atoms with E-state index in [0.717, 1.165) is 5.56 Å². The quantitative estimate of drug-likeness (QED) is 0.479. The number of hydrogen-bond acceptors (Lipinski definition) is 8. The third kappa shape index (κ3) is 4.64. The van der Waals surface area contributed by atoms with Gasteiger partial charge in [0, 0.05) is 22.6 Å². The minimum Gasteiger partial charge on any atom is -0.469 e. The van der Waals surface area contributed by atoms with Crippen LogP contribution in [0.25, 0.3) is 11.3 Å². The van der Waals surface area contributed by atoms with Crippen molar-refractivity contribution in [3.05, 3.63) is 82.6 Å². The molecule has 9 heteroatoms. The molecule has 1 aliphatic heterocycles. The SMILES string of the molecule is COC(=O)C1=C(C)NC(C)(Nc2nc(-c3ccccc3F)cs2)C(C(=O)OC)C1c1ccccc1. The van der Waals surface area contributed by atoms with Crippen LogP contribution in [0, 0.1) is 11.7 Å². The molecule has 0 radical (unpaired) electrons. The van der Waals surface area contributed by atoms with Crippen molar-refractivity contribution in [2.75, 3.05) is 19.5 Å². The lowest BCUT2D eigenvalue weighted by atomic mass is 9.71. The molecule has 3 unspecified atom stereocenters. The van der Waals surface area contributed by atoms with Gasteiger partial charge >= 0.3 is 11.9 Å². The summed E-state index contributed by atoms with van der Waals surface area (Å²) in [5.74, 6) is -2.93. The molecule has 0 saturated carbocycles. The maximum absolute atomic E-state index is 14.3. The molecule has 0 spiro atoms. The number of methoxy groups -OCH3 is 2. The number of nitrogens with one attached hydrogen (secondary N) is 2. The van der Waals surface area contributed by atoms with Gasteiger partial charge in [0.05, 0.1) is 25.5 Å². The van der Waals surface area contributed by atoms with Gasteiger partial charge in [-0.15, -0.1) is 11.3 Å². The first-order valence-electron chi connectivity index (χ1n) is 11.0. The molecule has 0 fully saturated rings. The Morgan fingerprint density at radius 3 is 2.43 bits per heavy atom. The van der Waals surface area contributed by atoms with Crippen LogP contribution >= 0.6 is 11.3 Å². The fraction of sp³-hybridized carbons (Fsp3) is 0.269. The Morgan fingerprint density at radius 2 is 1.77 bits per heavy atom. The van der Waals surface area contributed by atoms with E-state index >= 15 is 0 Å². The van der Waals surface area contributed by atoms with Gasteiger partial charge in [-0.3, -0.25) is 4.79 Å². The maximum Gasteiger partial charge on any atom is 0.336 e. The molecule has 7 nitrogen and oxygen atoms in total. The highest BCUT2D eigenvalue weighted by atomic mass is 32.1. The molecule has 2 heterocycles. The topological polar surface area (TPSA) is 89.5 Å². The predicted molar refractivity (Wildman–Crippen MR) is 132 cm³/mol. The van der Waals surface area contributed by atoms with Gasteiger partial charge in [-0.1, -0.05) is 42.5 Å². The fourth-order valence-electron chi connectivity index (χ4n) is 4.63. The van der Waals surface area contributed by atoms with E-state index in [-0.39, 0.29) is 5.82 Å². The molecule has 0 amide bonds. The van der Waals surface area contributed by atoms with Gasteiger partial charge in [-0.2, -0.15) is 0 Å². The van der Waals surface area contributed by atoms with Gasteiger partial charge in [-0.05, 0) is 31.5 Å². The molecule has 35 heavy (non-hydrogen) atoms. The molecular formula is C26H26FN3O4S. The van der Waals surface area contributed by atoms with E-state index in [1.807, 2.05) is 37.3 Å². The number of nitrogens with zero attached hydrogens (tertiary/aromatic N) is 1. The zero-order valence-corrected chi connectivity index (χ0v) is 20.6. The van der Waals surface area contributed by atoms with E-state index in [1.165, 1.54) is 31.6 Å². The van der Waals surface area contributed by atoms with Crippen LogP contribution in [-0.4, -0.2) is 36.8 Å². The monoisotopic (exact) mass is 495 g/mol. The maximum atomic E-state index is 14.3. The van der Waals surface area contributed by atoms with Gasteiger partial charge < -0.3 is 20.1 Å². The molecule has 182 valence electrons. The summed E-state index contributed by atoms with van der Waals surface area (Å²) in [6.45, 7) is 3.58. The van der Waals surface area contributed by atoms with Crippen molar-refractivity contribution in [2.45, 2.75) is 25.4 Å². The van der Waals surface area contributed by atoms with Crippen LogP contribution < -0.4 is 10.6 Å². The van der Waals surface area contributed by atoms with Crippen molar-refractivity contribution in [2.24, 2.45) is 5.92 Å². The smallest absolute Gasteiger partial charge is 0.336 e. The summed E-state index contributed by atoms with van der Waals surface area (Å²) in [5, 5.41) is 8.85. The van der Waals surface area contributed by atoms with E-state index < -0.39 is 29.4 Å². The molecule has 1 aliphatic rings. The van der Waals surface area contributed by atoms with Crippen molar-refractivity contribution < 1.29 is 23.5 Å². The number of carbonyl (C=O) groups excluding carboxylic acids is 2. The fourth-order valence-corrected chi connectivity index (χ4v) is 5.46. The number of carbonyl (C=O) groups is 2. The van der Waals surface area contributed by atoms with Gasteiger partial charge in [0.2, 0.25) is 0 Å². The third-order valence-electron chi connectivity index (χ3n) is 6.16. The molecule has 0 aliphatic carbocycles. The number of thiazole rings is 1. The highest BCUT2D eigenvalue weighted by Crippen LogP contribution is 2.45. The van der Waals surface area contributed by atoms with E-state index in [9.17, 15) is 14.0 Å². The van der Waals surface area contributed by atoms with E-state index in [2.05, 4.69) is 15.6 Å². The number of anilines is 1. The summed E-state index contributed by atoms with van der Waals surface area (Å²) in [4.78, 5) is 30.6. The Hall–Kier alpha value is -3.72. The molecule has 0 saturated heterocycles. The number of rotatable bonds is 6. The van der Waals surface area contributed by atoms with Crippen molar-refractivity contribution in [1.82, 2.24) is 10.3 Å². The second-order valence-electron chi connectivity index (χ2n) is 8.39. The highest BCUT2D eigenvalue weighted by Gasteiger charge is 2.52. The normalized spacial score (nSPS) is 21.7. The Morgan fingerprint density at radius 1 is 1.09 bits per heavy atom. The van der Waals surface area contributed by atoms with E-state index in [1.54, 1.807) is 30.5 Å². The van der Waals surface area contributed by atoms with Crippen LogP contribution in [0.3, 0.4) is 0 Å². The van der Waals surface area contributed by atoms with Gasteiger partial charge in [-0.25, -0.2) is 14.2 Å². The van der Waals surface area contributed by atoms with E-state index in [0.29, 0.717) is 27.7 Å². The lowest BCUT2D eigenvalue weighted by Gasteiger charge is -2.46. The number of benzene rings is 2. The second kappa shape index (κ2) is 9.87. The minimum absolute atomic E-state index is 0.347. The van der Waals surface area contributed by atoms with Crippen LogP contribution in [0.1, 0.15) is 25.3 Å². The molecule has 2 aromatic carbocycles. The number of halogens is 1. The second-order valence-corrected chi connectivity index (χ2v) is 9.25. The van der Waals surface area contributed by atoms with E-state index in [4.69, 9.17) is 9.47 Å². The summed E-state index contributed by atoms with van der Waals surface area (Å²) < 4.78 is 24.6. The number of allylic oxidation sites excluding steroid dienone is 1. The number of hydrogen-bond donors (Lipinski definition) is 2. The summed E-state index contributed by atoms with van der Waals surface area (Å²) in [5.41, 5.74) is 1.44. The average molecular weight is 496 g/mol. The van der Waals surface area contributed by atoms with Crippen LogP contribution in [0.2, 0.25) is 0 Å². The summed E-state index contributed by atoms with van der Waals surface area (Å²) in [7, 11) is 2.62. The Balaban J connectivity index is 1.80. The average Bonchev–Trinajstić information content (AvgIpc) is 3.31. The van der Waals surface area contributed by atoms with Gasteiger partial charge in [0.15, 0.2) is 5.13 Å². The van der Waals surface area contributed by atoms with Crippen LogP contribution in [0.5, 0.6) is 0 Å². The zero-order valence-electron chi connectivity index (χ0n) is 19.8. The number of aromatic nitrogens is 1. The molecule has 4 rings (SSSR count). The van der Waals surface area contributed by atoms with Crippen molar-refractivity contribution in [1.29, 1.82) is 0 Å². The van der Waals surface area contributed by atoms with Crippen LogP contribution in [0.15, 0.2) is 71.2 Å². The highest BCUT2D eigenvalue weighted by molar-refractivity contribution is 7.14. The lowest BCUT2D eigenvalue weighted by molar-refractivity contribution is -0.149. The number of esters is 2. The summed E-state index contributed by atoms with van der Waals surface area (Å²) in [6.07, 6.45) is 0. The Kier molecular flexibility index (Phi) is 6.88. The zero-order chi connectivity index (χ0) is 25.2. The molecule has 3 atom stereocenters. The standard InChI is InChI=1S/C26H26FN3O4S/c1-15-20(23(31)33-3)21(16-10-6-5-7-11-16)22(24(32)34-4)26(2,29-15)30-25-28-19(14-35-25)17-12-8-9-13-18(17)27/h5-14,21-22,29H,1-4H3,(H,28,30). The van der Waals surface area contributed by atoms with Crippen molar-refractivity contribution in [3.63, 3.8) is 0 Å². The lowest BCUT2D eigenvalue weighted by Crippen LogP contribution is -2.62. The van der Waals surface area contributed by atoms with Gasteiger partial charge in [0.25, 0.3) is 0 Å². The van der Waals surface area contributed by atoms with Gasteiger partial charge in [0.1, 0.15) is 17.4 Å².